The van der Waals surface area contributed by atoms with Crippen LogP contribution in [-0.2, 0) is 11.2 Å². The molecule has 130 valence electrons. The Labute approximate surface area is 145 Å². The van der Waals surface area contributed by atoms with E-state index in [4.69, 9.17) is 4.42 Å². The molecule has 0 radical (unpaired) electrons. The maximum atomic E-state index is 12.1. The van der Waals surface area contributed by atoms with Crippen molar-refractivity contribution < 1.29 is 9.21 Å². The molecule has 3 rings (SSSR count). The molecule has 2 N–H and O–H groups in total. The van der Waals surface area contributed by atoms with Crippen molar-refractivity contribution in [3.63, 3.8) is 0 Å². The van der Waals surface area contributed by atoms with Crippen LogP contribution in [0.4, 0.5) is 0 Å². The number of rotatable bonds is 8. The highest BCUT2D eigenvalue weighted by Gasteiger charge is 2.25. The highest BCUT2D eigenvalue weighted by atomic mass is 32.2. The van der Waals surface area contributed by atoms with Gasteiger partial charge in [-0.2, -0.15) is 0 Å². The number of aromatic nitrogens is 3. The van der Waals surface area contributed by atoms with Crippen molar-refractivity contribution in [2.24, 2.45) is 0 Å². The van der Waals surface area contributed by atoms with Crippen LogP contribution in [0, 0.1) is 0 Å². The smallest absolute Gasteiger partial charge is 0.230 e. The standard InChI is InChI=1S/C16H23N5O2S/c1-2-14-18-16(20-19-14)24-11-15(22)17-10-12(13-6-5-9-23-13)21-7-3-4-8-21/h5-6,9,12H,2-4,7-8,10-11H2,1H3,(H,17,22)(H,18,19,20)/t12-/m1/s1. The van der Waals surface area contributed by atoms with Crippen molar-refractivity contribution in [1.82, 2.24) is 25.4 Å². The monoisotopic (exact) mass is 349 g/mol. The molecule has 1 amide bonds. The Hall–Kier alpha value is -1.80. The number of amides is 1. The van der Waals surface area contributed by atoms with E-state index in [-0.39, 0.29) is 11.9 Å². The molecule has 0 bridgehead atoms. The van der Waals surface area contributed by atoms with Crippen LogP contribution in [-0.4, -0.2) is 51.4 Å². The summed E-state index contributed by atoms with van der Waals surface area (Å²) in [4.78, 5) is 18.8. The lowest BCUT2D eigenvalue weighted by atomic mass is 10.2. The molecular weight excluding hydrogens is 326 g/mol. The van der Waals surface area contributed by atoms with Crippen LogP contribution in [0.15, 0.2) is 28.0 Å². The van der Waals surface area contributed by atoms with Crippen LogP contribution in [0.1, 0.15) is 37.4 Å². The van der Waals surface area contributed by atoms with E-state index in [9.17, 15) is 4.79 Å². The number of hydrogen-bond donors (Lipinski definition) is 2. The first-order valence-electron chi connectivity index (χ1n) is 8.34. The van der Waals surface area contributed by atoms with Crippen LogP contribution in [0.3, 0.4) is 0 Å². The van der Waals surface area contributed by atoms with Crippen molar-refractivity contribution >= 4 is 17.7 Å². The molecule has 2 aromatic heterocycles. The van der Waals surface area contributed by atoms with E-state index in [1.54, 1.807) is 6.26 Å². The number of likely N-dealkylation sites (tertiary alicyclic amines) is 1. The van der Waals surface area contributed by atoms with Crippen LogP contribution in [0.5, 0.6) is 0 Å². The first-order chi connectivity index (χ1) is 11.8. The summed E-state index contributed by atoms with van der Waals surface area (Å²) in [6.07, 6.45) is 4.89. The molecule has 0 aromatic carbocycles. The summed E-state index contributed by atoms with van der Waals surface area (Å²) >= 11 is 1.34. The molecule has 1 saturated heterocycles. The van der Waals surface area contributed by atoms with Gasteiger partial charge in [0, 0.05) is 13.0 Å². The fourth-order valence-corrected chi connectivity index (χ4v) is 3.48. The average Bonchev–Trinajstić information content (AvgIpc) is 3.34. The molecule has 0 unspecified atom stereocenters. The molecule has 0 aliphatic carbocycles. The van der Waals surface area contributed by atoms with Gasteiger partial charge in [0.25, 0.3) is 0 Å². The van der Waals surface area contributed by atoms with Crippen molar-refractivity contribution in [2.75, 3.05) is 25.4 Å². The molecular formula is C16H23N5O2S. The van der Waals surface area contributed by atoms with Crippen LogP contribution in [0.25, 0.3) is 0 Å². The zero-order chi connectivity index (χ0) is 16.8. The second-order valence-electron chi connectivity index (χ2n) is 5.79. The van der Waals surface area contributed by atoms with Crippen LogP contribution in [0.2, 0.25) is 0 Å². The van der Waals surface area contributed by atoms with E-state index >= 15 is 0 Å². The molecule has 1 aliphatic heterocycles. The maximum absolute atomic E-state index is 12.1. The topological polar surface area (TPSA) is 87.1 Å². The average molecular weight is 349 g/mol. The fourth-order valence-electron chi connectivity index (χ4n) is 2.84. The second kappa shape index (κ2) is 8.34. The summed E-state index contributed by atoms with van der Waals surface area (Å²) in [5.74, 6) is 2.04. The third-order valence-electron chi connectivity index (χ3n) is 4.12. The predicted molar refractivity (Wildman–Crippen MR) is 91.8 cm³/mol. The Morgan fingerprint density at radius 1 is 1.50 bits per heavy atom. The summed E-state index contributed by atoms with van der Waals surface area (Å²) in [6.45, 7) is 4.66. The molecule has 2 aromatic rings. The summed E-state index contributed by atoms with van der Waals surface area (Å²) in [5.41, 5.74) is 0. The normalized spacial score (nSPS) is 16.4. The predicted octanol–water partition coefficient (Wildman–Crippen LogP) is 2.01. The minimum Gasteiger partial charge on any atom is -0.468 e. The lowest BCUT2D eigenvalue weighted by Crippen LogP contribution is -2.37. The summed E-state index contributed by atoms with van der Waals surface area (Å²) in [6, 6.07) is 3.97. The zero-order valence-electron chi connectivity index (χ0n) is 13.8. The minimum absolute atomic E-state index is 0.0152. The third-order valence-corrected chi connectivity index (χ3v) is 4.97. The number of carbonyl (C=O) groups is 1. The number of H-pyrrole nitrogens is 1. The first kappa shape index (κ1) is 17.0. The maximum Gasteiger partial charge on any atom is 0.230 e. The number of nitrogens with zero attached hydrogens (tertiary/aromatic N) is 3. The van der Waals surface area contributed by atoms with Gasteiger partial charge in [0.1, 0.15) is 11.6 Å². The molecule has 3 heterocycles. The second-order valence-corrected chi connectivity index (χ2v) is 6.73. The number of hydrogen-bond acceptors (Lipinski definition) is 6. The van der Waals surface area contributed by atoms with Gasteiger partial charge >= 0.3 is 0 Å². The Bertz CT molecular complexity index is 637. The van der Waals surface area contributed by atoms with Gasteiger partial charge in [0.2, 0.25) is 11.1 Å². The molecule has 1 aliphatic rings. The number of nitrogens with one attached hydrogen (secondary N) is 2. The number of carbonyl (C=O) groups excluding carboxylic acids is 1. The van der Waals surface area contributed by atoms with Gasteiger partial charge in [-0.25, -0.2) is 4.98 Å². The fraction of sp³-hybridized carbons (Fsp3) is 0.562. The van der Waals surface area contributed by atoms with Gasteiger partial charge in [-0.3, -0.25) is 14.8 Å². The lowest BCUT2D eigenvalue weighted by molar-refractivity contribution is -0.118. The zero-order valence-corrected chi connectivity index (χ0v) is 14.6. The minimum atomic E-state index is -0.0152. The van der Waals surface area contributed by atoms with E-state index in [2.05, 4.69) is 25.4 Å². The summed E-state index contributed by atoms with van der Waals surface area (Å²) < 4.78 is 5.56. The van der Waals surface area contributed by atoms with Crippen LogP contribution >= 0.6 is 11.8 Å². The third kappa shape index (κ3) is 4.39. The number of furan rings is 1. The quantitative estimate of drug-likeness (QED) is 0.709. The van der Waals surface area contributed by atoms with Crippen molar-refractivity contribution in [3.05, 3.63) is 30.0 Å². The van der Waals surface area contributed by atoms with Crippen molar-refractivity contribution in [2.45, 2.75) is 37.4 Å². The Balaban J connectivity index is 1.49. The van der Waals surface area contributed by atoms with E-state index in [0.717, 1.165) is 31.1 Å². The lowest BCUT2D eigenvalue weighted by Gasteiger charge is -2.25. The highest BCUT2D eigenvalue weighted by molar-refractivity contribution is 7.99. The van der Waals surface area contributed by atoms with E-state index < -0.39 is 0 Å². The molecule has 1 fully saturated rings. The van der Waals surface area contributed by atoms with Gasteiger partial charge < -0.3 is 9.73 Å². The number of aromatic amines is 1. The van der Waals surface area contributed by atoms with E-state index in [1.807, 2.05) is 19.1 Å². The van der Waals surface area contributed by atoms with Gasteiger partial charge in [-0.1, -0.05) is 18.7 Å². The van der Waals surface area contributed by atoms with Crippen molar-refractivity contribution in [1.29, 1.82) is 0 Å². The Kier molecular flexibility index (Phi) is 5.92. The van der Waals surface area contributed by atoms with Gasteiger partial charge in [-0.15, -0.1) is 5.10 Å². The van der Waals surface area contributed by atoms with Gasteiger partial charge in [-0.05, 0) is 38.1 Å². The molecule has 0 saturated carbocycles. The van der Waals surface area contributed by atoms with E-state index in [0.29, 0.717) is 17.5 Å². The first-order valence-corrected chi connectivity index (χ1v) is 9.33. The highest BCUT2D eigenvalue weighted by Crippen LogP contribution is 2.25. The molecule has 1 atom stereocenters. The number of thioether (sulfide) groups is 1. The van der Waals surface area contributed by atoms with Gasteiger partial charge in [0.05, 0.1) is 18.1 Å². The summed E-state index contributed by atoms with van der Waals surface area (Å²) in [7, 11) is 0. The summed E-state index contributed by atoms with van der Waals surface area (Å²) in [5, 5.41) is 10.6. The molecule has 24 heavy (non-hydrogen) atoms. The van der Waals surface area contributed by atoms with Crippen LogP contribution < -0.4 is 5.32 Å². The SMILES string of the molecule is CCc1nc(SCC(=O)NC[C@H](c2ccco2)N2CCCC2)n[nH]1. The Morgan fingerprint density at radius 2 is 2.33 bits per heavy atom. The van der Waals surface area contributed by atoms with Gasteiger partial charge in [0.15, 0.2) is 0 Å². The van der Waals surface area contributed by atoms with E-state index in [1.165, 1.54) is 24.6 Å². The Morgan fingerprint density at radius 3 is 3.00 bits per heavy atom. The largest absolute Gasteiger partial charge is 0.468 e. The van der Waals surface area contributed by atoms with Crippen molar-refractivity contribution in [3.8, 4) is 0 Å². The number of aryl methyl sites for hydroxylation is 1. The molecule has 7 nitrogen and oxygen atoms in total. The molecule has 0 spiro atoms. The molecule has 8 heteroatoms.